The number of fused-ring (bicyclic) bond motifs is 1. The minimum absolute atomic E-state index is 0.0601. The molecule has 36 heavy (non-hydrogen) atoms. The SMILES string of the molecule is COC(=O)[C@H](Cc1ccc(-c2cc(Cl)cn(C)c2=O)c2cccnc12)NC(=O)c1c(Cl)cccc1Cl. The Hall–Kier alpha value is -3.39. The number of nitrogens with one attached hydrogen (secondary N) is 1. The molecule has 0 saturated carbocycles. The standard InChI is InChI=1S/C26H20Cl3N3O4/c1-32-13-15(27)12-18(25(32)34)16-9-8-14(23-17(16)5-4-10-30-23)11-21(26(35)36-2)31-24(33)22-19(28)6-3-7-20(22)29/h3-10,12-13,21H,11H2,1-2H3,(H,31,33)/t21-/m0/s1. The van der Waals surface area contributed by atoms with E-state index in [2.05, 4.69) is 10.3 Å². The van der Waals surface area contributed by atoms with Gasteiger partial charge in [-0.05, 0) is 35.4 Å². The third kappa shape index (κ3) is 5.09. The number of hydrogen-bond donors (Lipinski definition) is 1. The lowest BCUT2D eigenvalue weighted by Gasteiger charge is -2.19. The number of halogens is 3. The number of nitrogens with zero attached hydrogens (tertiary/aromatic N) is 2. The fourth-order valence-electron chi connectivity index (χ4n) is 3.99. The number of amides is 1. The quantitative estimate of drug-likeness (QED) is 0.342. The maximum Gasteiger partial charge on any atom is 0.328 e. The lowest BCUT2D eigenvalue weighted by molar-refractivity contribution is -0.142. The van der Waals surface area contributed by atoms with Crippen molar-refractivity contribution in [1.29, 1.82) is 0 Å². The van der Waals surface area contributed by atoms with Gasteiger partial charge in [-0.15, -0.1) is 0 Å². The molecule has 10 heteroatoms. The van der Waals surface area contributed by atoms with Crippen molar-refractivity contribution < 1.29 is 14.3 Å². The zero-order chi connectivity index (χ0) is 26.0. The van der Waals surface area contributed by atoms with Gasteiger partial charge in [0.25, 0.3) is 11.5 Å². The average Bonchev–Trinajstić information content (AvgIpc) is 2.85. The number of pyridine rings is 2. The van der Waals surface area contributed by atoms with Gasteiger partial charge in [-0.1, -0.05) is 59.1 Å². The molecule has 2 aromatic carbocycles. The Morgan fingerprint density at radius 1 is 1.06 bits per heavy atom. The van der Waals surface area contributed by atoms with Gasteiger partial charge < -0.3 is 14.6 Å². The summed E-state index contributed by atoms with van der Waals surface area (Å²) in [5.74, 6) is -1.26. The molecule has 1 atom stereocenters. The van der Waals surface area contributed by atoms with Gasteiger partial charge >= 0.3 is 5.97 Å². The van der Waals surface area contributed by atoms with E-state index in [1.807, 2.05) is 6.07 Å². The summed E-state index contributed by atoms with van der Waals surface area (Å²) in [6, 6.07) is 12.4. The number of carbonyl (C=O) groups is 2. The predicted molar refractivity (Wildman–Crippen MR) is 141 cm³/mol. The fraction of sp³-hybridized carbons (Fsp3) is 0.154. The van der Waals surface area contributed by atoms with Gasteiger partial charge in [0.15, 0.2) is 0 Å². The number of ether oxygens (including phenoxy) is 1. The van der Waals surface area contributed by atoms with Crippen LogP contribution in [0, 0.1) is 0 Å². The van der Waals surface area contributed by atoms with Crippen LogP contribution in [0.25, 0.3) is 22.0 Å². The maximum atomic E-state index is 13.0. The van der Waals surface area contributed by atoms with Crippen molar-refractivity contribution in [3.63, 3.8) is 0 Å². The third-order valence-electron chi connectivity index (χ3n) is 5.70. The van der Waals surface area contributed by atoms with Gasteiger partial charge in [0.2, 0.25) is 0 Å². The highest BCUT2D eigenvalue weighted by atomic mass is 35.5. The number of methoxy groups -OCH3 is 1. The number of aromatic nitrogens is 2. The molecule has 0 radical (unpaired) electrons. The van der Waals surface area contributed by atoms with Gasteiger partial charge in [-0.3, -0.25) is 14.6 Å². The van der Waals surface area contributed by atoms with Crippen LogP contribution in [0.15, 0.2) is 65.7 Å². The van der Waals surface area contributed by atoms with E-state index in [4.69, 9.17) is 39.5 Å². The zero-order valence-corrected chi connectivity index (χ0v) is 21.5. The van der Waals surface area contributed by atoms with Crippen molar-refractivity contribution >= 4 is 57.6 Å². The van der Waals surface area contributed by atoms with Crippen molar-refractivity contribution in [2.45, 2.75) is 12.5 Å². The fourth-order valence-corrected chi connectivity index (χ4v) is 4.82. The molecule has 2 heterocycles. The first kappa shape index (κ1) is 25.7. The molecule has 0 unspecified atom stereocenters. The molecule has 0 aliphatic rings. The minimum Gasteiger partial charge on any atom is -0.467 e. The highest BCUT2D eigenvalue weighted by Gasteiger charge is 2.26. The first-order valence-electron chi connectivity index (χ1n) is 10.8. The summed E-state index contributed by atoms with van der Waals surface area (Å²) < 4.78 is 6.34. The summed E-state index contributed by atoms with van der Waals surface area (Å²) in [5.41, 5.74) is 2.13. The van der Waals surface area contributed by atoms with Crippen LogP contribution in [-0.4, -0.2) is 34.6 Å². The largest absolute Gasteiger partial charge is 0.467 e. The van der Waals surface area contributed by atoms with Crippen molar-refractivity contribution in [2.75, 3.05) is 7.11 Å². The van der Waals surface area contributed by atoms with Crippen molar-refractivity contribution in [3.05, 3.63) is 97.5 Å². The molecule has 184 valence electrons. The summed E-state index contributed by atoms with van der Waals surface area (Å²) in [6.07, 6.45) is 3.22. The number of rotatable bonds is 6. The smallest absolute Gasteiger partial charge is 0.328 e. The van der Waals surface area contributed by atoms with E-state index < -0.39 is 17.9 Å². The monoisotopic (exact) mass is 543 g/mol. The summed E-state index contributed by atoms with van der Waals surface area (Å²) in [4.78, 5) is 42.9. The first-order chi connectivity index (χ1) is 17.2. The molecule has 0 bridgehead atoms. The highest BCUT2D eigenvalue weighted by molar-refractivity contribution is 6.39. The van der Waals surface area contributed by atoms with Crippen LogP contribution in [0.1, 0.15) is 15.9 Å². The number of carbonyl (C=O) groups excluding carboxylic acids is 2. The van der Waals surface area contributed by atoms with E-state index in [1.165, 1.54) is 30.0 Å². The van der Waals surface area contributed by atoms with Crippen LogP contribution in [0.2, 0.25) is 15.1 Å². The van der Waals surface area contributed by atoms with Gasteiger partial charge in [-0.2, -0.15) is 0 Å². The van der Waals surface area contributed by atoms with Crippen LogP contribution in [0.5, 0.6) is 0 Å². The topological polar surface area (TPSA) is 90.3 Å². The van der Waals surface area contributed by atoms with Crippen LogP contribution >= 0.6 is 34.8 Å². The molecule has 4 aromatic rings. The molecule has 0 aliphatic carbocycles. The number of aryl methyl sites for hydroxylation is 1. The third-order valence-corrected chi connectivity index (χ3v) is 6.53. The summed E-state index contributed by atoms with van der Waals surface area (Å²) in [5, 5.41) is 4.09. The molecule has 7 nitrogen and oxygen atoms in total. The van der Waals surface area contributed by atoms with E-state index in [-0.39, 0.29) is 27.6 Å². The number of benzene rings is 2. The molecule has 1 N–H and O–H groups in total. The van der Waals surface area contributed by atoms with Crippen molar-refractivity contribution in [1.82, 2.24) is 14.9 Å². The Labute approximate surface area is 221 Å². The lowest BCUT2D eigenvalue weighted by Crippen LogP contribution is -2.43. The van der Waals surface area contributed by atoms with Gasteiger partial charge in [-0.25, -0.2) is 4.79 Å². The Kier molecular flexibility index (Phi) is 7.64. The van der Waals surface area contributed by atoms with Crippen LogP contribution in [0.4, 0.5) is 0 Å². The summed E-state index contributed by atoms with van der Waals surface area (Å²) in [6.45, 7) is 0. The molecular weight excluding hydrogens is 525 g/mol. The highest BCUT2D eigenvalue weighted by Crippen LogP contribution is 2.30. The Morgan fingerprint density at radius 3 is 2.47 bits per heavy atom. The molecule has 0 aliphatic heterocycles. The normalized spacial score (nSPS) is 11.8. The second-order valence-electron chi connectivity index (χ2n) is 8.01. The molecule has 4 rings (SSSR count). The molecule has 2 aromatic heterocycles. The van der Waals surface area contributed by atoms with Gasteiger partial charge in [0.05, 0.1) is 33.3 Å². The van der Waals surface area contributed by atoms with Crippen LogP contribution in [-0.2, 0) is 23.0 Å². The molecule has 0 saturated heterocycles. The Bertz CT molecular complexity index is 1530. The summed E-state index contributed by atoms with van der Waals surface area (Å²) in [7, 11) is 2.86. The van der Waals surface area contributed by atoms with Crippen molar-refractivity contribution in [3.8, 4) is 11.1 Å². The predicted octanol–water partition coefficient (Wildman–Crippen LogP) is 5.07. The van der Waals surface area contributed by atoms with E-state index in [1.54, 1.807) is 43.6 Å². The lowest BCUT2D eigenvalue weighted by atomic mass is 9.95. The second-order valence-corrected chi connectivity index (χ2v) is 9.26. The Morgan fingerprint density at radius 2 is 1.78 bits per heavy atom. The first-order valence-corrected chi connectivity index (χ1v) is 11.9. The Balaban J connectivity index is 1.75. The van der Waals surface area contributed by atoms with Crippen molar-refractivity contribution in [2.24, 2.45) is 7.05 Å². The van der Waals surface area contributed by atoms with E-state index in [0.717, 1.165) is 0 Å². The molecular formula is C26H20Cl3N3O4. The van der Waals surface area contributed by atoms with Crippen LogP contribution in [0.3, 0.4) is 0 Å². The number of hydrogen-bond acceptors (Lipinski definition) is 5. The van der Waals surface area contributed by atoms with E-state index >= 15 is 0 Å². The van der Waals surface area contributed by atoms with E-state index in [9.17, 15) is 14.4 Å². The molecule has 0 fully saturated rings. The van der Waals surface area contributed by atoms with E-state index in [0.29, 0.717) is 32.6 Å². The average molecular weight is 545 g/mol. The molecule has 0 spiro atoms. The second kappa shape index (κ2) is 10.7. The van der Waals surface area contributed by atoms with Gasteiger partial charge in [0.1, 0.15) is 6.04 Å². The number of esters is 1. The maximum absolute atomic E-state index is 13.0. The zero-order valence-electron chi connectivity index (χ0n) is 19.2. The van der Waals surface area contributed by atoms with Crippen LogP contribution < -0.4 is 10.9 Å². The van der Waals surface area contributed by atoms with Gasteiger partial charge in [0, 0.05) is 36.8 Å². The summed E-state index contributed by atoms with van der Waals surface area (Å²) >= 11 is 18.5. The minimum atomic E-state index is -1.05. The molecule has 1 amide bonds.